The summed E-state index contributed by atoms with van der Waals surface area (Å²) in [5.74, 6) is -0.346. The Morgan fingerprint density at radius 3 is 2.13 bits per heavy atom. The first-order valence-electron chi connectivity index (χ1n) is 14.9. The zero-order valence-electron chi connectivity index (χ0n) is 26.4. The number of hydrogen-bond acceptors (Lipinski definition) is 6. The van der Waals surface area contributed by atoms with Gasteiger partial charge in [0.25, 0.3) is 10.0 Å². The van der Waals surface area contributed by atoms with Crippen LogP contribution in [0.4, 0.5) is 5.69 Å². The Balaban J connectivity index is 1.84. The summed E-state index contributed by atoms with van der Waals surface area (Å²) in [4.78, 5) is 29.7. The molecule has 248 valence electrons. The lowest BCUT2D eigenvalue weighted by Crippen LogP contribution is -2.53. The minimum absolute atomic E-state index is 0.0172. The van der Waals surface area contributed by atoms with E-state index in [1.165, 1.54) is 43.4 Å². The largest absolute Gasteiger partial charge is 0.493 e. The Hall–Kier alpha value is -4.25. The van der Waals surface area contributed by atoms with Crippen LogP contribution in [0, 0.1) is 0 Å². The molecule has 12 heteroatoms. The van der Waals surface area contributed by atoms with Gasteiger partial charge in [-0.25, -0.2) is 8.42 Å². The molecule has 0 spiro atoms. The van der Waals surface area contributed by atoms with E-state index in [0.29, 0.717) is 34.3 Å². The van der Waals surface area contributed by atoms with Crippen LogP contribution in [0.25, 0.3) is 0 Å². The van der Waals surface area contributed by atoms with Crippen LogP contribution in [0.1, 0.15) is 24.5 Å². The molecule has 4 aromatic rings. The number of methoxy groups -OCH3 is 2. The van der Waals surface area contributed by atoms with Crippen LogP contribution in [0.3, 0.4) is 0 Å². The molecule has 0 aliphatic rings. The first-order chi connectivity index (χ1) is 22.6. The molecule has 2 amide bonds. The van der Waals surface area contributed by atoms with Crippen LogP contribution in [0.15, 0.2) is 102 Å². The van der Waals surface area contributed by atoms with E-state index in [0.717, 1.165) is 9.87 Å². The number of rotatable bonds is 15. The molecule has 0 aromatic heterocycles. The maximum absolute atomic E-state index is 14.6. The van der Waals surface area contributed by atoms with Crippen molar-refractivity contribution in [2.24, 2.45) is 0 Å². The van der Waals surface area contributed by atoms with Crippen molar-refractivity contribution in [1.82, 2.24) is 10.2 Å². The van der Waals surface area contributed by atoms with Gasteiger partial charge in [0.1, 0.15) is 12.6 Å². The highest BCUT2D eigenvalue weighted by Crippen LogP contribution is 2.34. The van der Waals surface area contributed by atoms with E-state index in [-0.39, 0.29) is 35.2 Å². The molecule has 0 saturated carbocycles. The Bertz CT molecular complexity index is 1780. The Morgan fingerprint density at radius 1 is 0.851 bits per heavy atom. The van der Waals surface area contributed by atoms with Gasteiger partial charge in [0.05, 0.1) is 24.8 Å². The molecular formula is C35H37Cl2N3O6S. The number of sulfonamides is 1. The molecule has 0 aliphatic heterocycles. The lowest BCUT2D eigenvalue weighted by atomic mass is 10.0. The van der Waals surface area contributed by atoms with Gasteiger partial charge in [-0.1, -0.05) is 84.7 Å². The summed E-state index contributed by atoms with van der Waals surface area (Å²) in [6.45, 7) is 1.60. The summed E-state index contributed by atoms with van der Waals surface area (Å²) in [5, 5.41) is 3.63. The van der Waals surface area contributed by atoms with E-state index in [2.05, 4.69) is 5.32 Å². The minimum atomic E-state index is -4.29. The van der Waals surface area contributed by atoms with E-state index in [4.69, 9.17) is 32.7 Å². The highest BCUT2D eigenvalue weighted by Gasteiger charge is 2.35. The third-order valence-corrected chi connectivity index (χ3v) is 9.82. The lowest BCUT2D eigenvalue weighted by Gasteiger charge is -2.34. The van der Waals surface area contributed by atoms with Gasteiger partial charge in [0.15, 0.2) is 11.5 Å². The number of nitrogens with zero attached hydrogens (tertiary/aromatic N) is 2. The number of ether oxygens (including phenoxy) is 2. The van der Waals surface area contributed by atoms with E-state index < -0.39 is 28.5 Å². The number of amides is 2. The van der Waals surface area contributed by atoms with E-state index in [9.17, 15) is 18.0 Å². The van der Waals surface area contributed by atoms with Crippen LogP contribution in [0.5, 0.6) is 11.5 Å². The molecule has 4 rings (SSSR count). The normalized spacial score (nSPS) is 11.8. The topological polar surface area (TPSA) is 105 Å². The molecule has 9 nitrogen and oxygen atoms in total. The van der Waals surface area contributed by atoms with Crippen molar-refractivity contribution in [3.8, 4) is 11.5 Å². The number of halogens is 2. The molecule has 0 unspecified atom stereocenters. The molecule has 1 N–H and O–H groups in total. The zero-order valence-corrected chi connectivity index (χ0v) is 28.7. The van der Waals surface area contributed by atoms with Gasteiger partial charge >= 0.3 is 0 Å². The van der Waals surface area contributed by atoms with E-state index in [1.807, 2.05) is 37.3 Å². The van der Waals surface area contributed by atoms with Gasteiger partial charge in [0.2, 0.25) is 11.8 Å². The van der Waals surface area contributed by atoms with Crippen LogP contribution in [-0.2, 0) is 32.6 Å². The predicted molar refractivity (Wildman–Crippen MR) is 185 cm³/mol. The Labute approximate surface area is 286 Å². The number of nitrogens with one attached hydrogen (secondary N) is 1. The summed E-state index contributed by atoms with van der Waals surface area (Å²) in [6, 6.07) is 25.6. The Morgan fingerprint density at radius 2 is 1.51 bits per heavy atom. The summed E-state index contributed by atoms with van der Waals surface area (Å²) in [5.41, 5.74) is 1.52. The number of carbonyl (C=O) groups excluding carboxylic acids is 2. The average Bonchev–Trinajstić information content (AvgIpc) is 3.08. The number of hydrogen-bond donors (Lipinski definition) is 1. The van der Waals surface area contributed by atoms with E-state index in [1.54, 1.807) is 42.5 Å². The van der Waals surface area contributed by atoms with Crippen LogP contribution >= 0.6 is 23.2 Å². The molecule has 0 saturated heterocycles. The van der Waals surface area contributed by atoms with Gasteiger partial charge in [0, 0.05) is 35.6 Å². The fourth-order valence-corrected chi connectivity index (χ4v) is 6.88. The van der Waals surface area contributed by atoms with Crippen molar-refractivity contribution in [1.29, 1.82) is 0 Å². The maximum atomic E-state index is 14.6. The van der Waals surface area contributed by atoms with Gasteiger partial charge in [-0.15, -0.1) is 0 Å². The second-order valence-corrected chi connectivity index (χ2v) is 13.3. The van der Waals surface area contributed by atoms with Crippen LogP contribution < -0.4 is 19.1 Å². The third kappa shape index (κ3) is 8.97. The molecule has 0 aliphatic carbocycles. The van der Waals surface area contributed by atoms with Gasteiger partial charge in [-0.05, 0) is 53.9 Å². The van der Waals surface area contributed by atoms with Crippen LogP contribution in [-0.4, -0.2) is 58.5 Å². The zero-order chi connectivity index (χ0) is 34.0. The Kier molecular flexibility index (Phi) is 12.5. The summed E-state index contributed by atoms with van der Waals surface area (Å²) in [7, 11) is -1.39. The average molecular weight is 699 g/mol. The van der Waals surface area contributed by atoms with Crippen LogP contribution in [0.2, 0.25) is 10.0 Å². The molecule has 1 atom stereocenters. The van der Waals surface area contributed by atoms with Gasteiger partial charge in [-0.2, -0.15) is 0 Å². The number of anilines is 1. The second kappa shape index (κ2) is 16.5. The fraction of sp³-hybridized carbons (Fsp3) is 0.257. The van der Waals surface area contributed by atoms with Gasteiger partial charge < -0.3 is 19.7 Å². The van der Waals surface area contributed by atoms with Crippen molar-refractivity contribution in [2.45, 2.75) is 37.2 Å². The van der Waals surface area contributed by atoms with Crippen molar-refractivity contribution < 1.29 is 27.5 Å². The molecule has 0 bridgehead atoms. The monoisotopic (exact) mass is 697 g/mol. The third-order valence-electron chi connectivity index (χ3n) is 7.44. The predicted octanol–water partition coefficient (Wildman–Crippen LogP) is 6.37. The lowest BCUT2D eigenvalue weighted by molar-refractivity contribution is -0.140. The van der Waals surface area contributed by atoms with Crippen molar-refractivity contribution in [3.63, 3.8) is 0 Å². The van der Waals surface area contributed by atoms with Crippen molar-refractivity contribution in [3.05, 3.63) is 118 Å². The summed E-state index contributed by atoms with van der Waals surface area (Å²) in [6.07, 6.45) is 0.859. The molecule has 0 radical (unpaired) electrons. The molecular weight excluding hydrogens is 661 g/mol. The summed E-state index contributed by atoms with van der Waals surface area (Å²) < 4.78 is 40.2. The number of benzene rings is 4. The van der Waals surface area contributed by atoms with Crippen molar-refractivity contribution in [2.75, 3.05) is 31.6 Å². The standard InChI is InChI=1S/C35H37Cl2N3O6S/c1-4-19-38-35(42)31(20-25-11-7-5-8-12-25)39(23-26-15-16-27(36)21-30(26)37)34(41)24-40(47(43,44)29-13-9-6-10-14-29)28-17-18-32(45-2)33(22-28)46-3/h5-18,21-22,31H,4,19-20,23-24H2,1-3H3,(H,38,42)/t31-/m1/s1. The minimum Gasteiger partial charge on any atom is -0.493 e. The SMILES string of the molecule is CCCNC(=O)[C@@H](Cc1ccccc1)N(Cc1ccc(Cl)cc1Cl)C(=O)CN(c1ccc(OC)c(OC)c1)S(=O)(=O)c1ccccc1. The first-order valence-corrected chi connectivity index (χ1v) is 17.1. The molecule has 4 aromatic carbocycles. The number of carbonyl (C=O) groups is 2. The van der Waals surface area contributed by atoms with Gasteiger partial charge in [-0.3, -0.25) is 13.9 Å². The van der Waals surface area contributed by atoms with E-state index >= 15 is 0 Å². The fourth-order valence-electron chi connectivity index (χ4n) is 4.98. The smallest absolute Gasteiger partial charge is 0.264 e. The highest BCUT2D eigenvalue weighted by molar-refractivity contribution is 7.92. The molecule has 0 heterocycles. The molecule has 47 heavy (non-hydrogen) atoms. The molecule has 0 fully saturated rings. The second-order valence-electron chi connectivity index (χ2n) is 10.6. The summed E-state index contributed by atoms with van der Waals surface area (Å²) >= 11 is 12.7. The van der Waals surface area contributed by atoms with Crippen molar-refractivity contribution >= 4 is 50.7 Å². The maximum Gasteiger partial charge on any atom is 0.264 e. The highest BCUT2D eigenvalue weighted by atomic mass is 35.5. The quantitative estimate of drug-likeness (QED) is 0.155. The first kappa shape index (κ1) is 35.6.